The molecule has 2 N–H and O–H groups in total. The fourth-order valence-corrected chi connectivity index (χ4v) is 2.69. The monoisotopic (exact) mass is 291 g/mol. The number of carboxylic acids is 1. The number of nitrogens with one attached hydrogen (secondary N) is 1. The Hall–Kier alpha value is -2.81. The van der Waals surface area contributed by atoms with Crippen LogP contribution in [0.25, 0.3) is 10.8 Å². The SMILES string of the molecule is Cc1cc(Nc2ccccc2C(=O)O)c2ccccc2c1C. The Morgan fingerprint density at radius 3 is 2.27 bits per heavy atom. The molecule has 0 bridgehead atoms. The summed E-state index contributed by atoms with van der Waals surface area (Å²) in [4.78, 5) is 11.4. The Kier molecular flexibility index (Phi) is 3.55. The van der Waals surface area contributed by atoms with E-state index in [2.05, 4.69) is 31.3 Å². The predicted molar refractivity (Wildman–Crippen MR) is 90.1 cm³/mol. The first-order chi connectivity index (χ1) is 10.6. The second-order valence-electron chi connectivity index (χ2n) is 5.39. The van der Waals surface area contributed by atoms with Crippen molar-refractivity contribution in [1.29, 1.82) is 0 Å². The average molecular weight is 291 g/mol. The minimum Gasteiger partial charge on any atom is -0.478 e. The van der Waals surface area contributed by atoms with Crippen LogP contribution in [0.3, 0.4) is 0 Å². The Balaban J connectivity index is 2.17. The maximum Gasteiger partial charge on any atom is 0.337 e. The molecule has 0 radical (unpaired) electrons. The molecular weight excluding hydrogens is 274 g/mol. The van der Waals surface area contributed by atoms with Gasteiger partial charge in [0.05, 0.1) is 11.3 Å². The summed E-state index contributed by atoms with van der Waals surface area (Å²) in [6, 6.07) is 17.2. The van der Waals surface area contributed by atoms with Gasteiger partial charge < -0.3 is 10.4 Å². The van der Waals surface area contributed by atoms with Crippen molar-refractivity contribution in [3.63, 3.8) is 0 Å². The van der Waals surface area contributed by atoms with Crippen LogP contribution in [-0.2, 0) is 0 Å². The third kappa shape index (κ3) is 2.42. The van der Waals surface area contributed by atoms with Crippen molar-refractivity contribution in [3.8, 4) is 0 Å². The second kappa shape index (κ2) is 5.53. The second-order valence-corrected chi connectivity index (χ2v) is 5.39. The Morgan fingerprint density at radius 1 is 0.909 bits per heavy atom. The molecule has 0 saturated heterocycles. The highest BCUT2D eigenvalue weighted by atomic mass is 16.4. The van der Waals surface area contributed by atoms with Crippen LogP contribution in [0.4, 0.5) is 11.4 Å². The highest BCUT2D eigenvalue weighted by Gasteiger charge is 2.11. The van der Waals surface area contributed by atoms with Gasteiger partial charge in [-0.2, -0.15) is 0 Å². The topological polar surface area (TPSA) is 49.3 Å². The van der Waals surface area contributed by atoms with Gasteiger partial charge in [-0.15, -0.1) is 0 Å². The number of fused-ring (bicyclic) bond motifs is 1. The molecular formula is C19H17NO2. The molecule has 0 fully saturated rings. The Bertz CT molecular complexity index is 868. The first kappa shape index (κ1) is 14.1. The summed E-state index contributed by atoms with van der Waals surface area (Å²) in [7, 11) is 0. The quantitative estimate of drug-likeness (QED) is 0.721. The van der Waals surface area contributed by atoms with Gasteiger partial charge >= 0.3 is 5.97 Å². The van der Waals surface area contributed by atoms with E-state index in [4.69, 9.17) is 0 Å². The van der Waals surface area contributed by atoms with E-state index in [0.29, 0.717) is 5.69 Å². The Labute approximate surface area is 129 Å². The molecule has 3 nitrogen and oxygen atoms in total. The van der Waals surface area contributed by atoms with Crippen LogP contribution in [0.5, 0.6) is 0 Å². The van der Waals surface area contributed by atoms with E-state index in [9.17, 15) is 9.90 Å². The zero-order valence-corrected chi connectivity index (χ0v) is 12.6. The number of rotatable bonds is 3. The lowest BCUT2D eigenvalue weighted by atomic mass is 9.99. The number of aromatic carboxylic acids is 1. The molecule has 0 spiro atoms. The minimum absolute atomic E-state index is 0.268. The van der Waals surface area contributed by atoms with Crippen molar-refractivity contribution in [1.82, 2.24) is 0 Å². The number of hydrogen-bond donors (Lipinski definition) is 2. The van der Waals surface area contributed by atoms with Gasteiger partial charge in [-0.3, -0.25) is 0 Å². The van der Waals surface area contributed by atoms with E-state index in [-0.39, 0.29) is 5.56 Å². The molecule has 0 amide bonds. The van der Waals surface area contributed by atoms with Gasteiger partial charge in [0.25, 0.3) is 0 Å². The molecule has 3 rings (SSSR count). The maximum atomic E-state index is 11.4. The van der Waals surface area contributed by atoms with E-state index < -0.39 is 5.97 Å². The van der Waals surface area contributed by atoms with Crippen LogP contribution in [0, 0.1) is 13.8 Å². The standard InChI is InChI=1S/C19H17NO2/c1-12-11-18(15-8-4-3-7-14(15)13(12)2)20-17-10-6-5-9-16(17)19(21)22/h3-11,20H,1-2H3,(H,21,22). The summed E-state index contributed by atoms with van der Waals surface area (Å²) >= 11 is 0. The van der Waals surface area contributed by atoms with Crippen molar-refractivity contribution in [2.75, 3.05) is 5.32 Å². The van der Waals surface area contributed by atoms with Gasteiger partial charge in [0.15, 0.2) is 0 Å². The Morgan fingerprint density at radius 2 is 1.55 bits per heavy atom. The van der Waals surface area contributed by atoms with E-state index in [1.165, 1.54) is 16.5 Å². The van der Waals surface area contributed by atoms with Crippen LogP contribution in [0.15, 0.2) is 54.6 Å². The lowest BCUT2D eigenvalue weighted by Gasteiger charge is -2.15. The fourth-order valence-electron chi connectivity index (χ4n) is 2.69. The number of carbonyl (C=O) groups is 1. The van der Waals surface area contributed by atoms with Gasteiger partial charge in [-0.25, -0.2) is 4.79 Å². The lowest BCUT2D eigenvalue weighted by Crippen LogP contribution is -2.03. The van der Waals surface area contributed by atoms with Crippen LogP contribution >= 0.6 is 0 Å². The first-order valence-corrected chi connectivity index (χ1v) is 7.16. The molecule has 0 aromatic heterocycles. The van der Waals surface area contributed by atoms with Gasteiger partial charge in [0.1, 0.15) is 0 Å². The molecule has 0 aliphatic carbocycles. The predicted octanol–water partition coefficient (Wildman–Crippen LogP) is 4.90. The molecule has 3 heteroatoms. The summed E-state index contributed by atoms with van der Waals surface area (Å²) in [5, 5.41) is 14.9. The van der Waals surface area contributed by atoms with Crippen LogP contribution in [0.2, 0.25) is 0 Å². The van der Waals surface area contributed by atoms with Crippen molar-refractivity contribution >= 4 is 28.1 Å². The maximum absolute atomic E-state index is 11.4. The number of aryl methyl sites for hydroxylation is 2. The largest absolute Gasteiger partial charge is 0.478 e. The van der Waals surface area contributed by atoms with Crippen LogP contribution in [-0.4, -0.2) is 11.1 Å². The average Bonchev–Trinajstić information content (AvgIpc) is 2.53. The van der Waals surface area contributed by atoms with Gasteiger partial charge in [0, 0.05) is 11.1 Å². The molecule has 0 aliphatic heterocycles. The molecule has 0 saturated carbocycles. The van der Waals surface area contributed by atoms with Gasteiger partial charge in [-0.1, -0.05) is 36.4 Å². The van der Waals surface area contributed by atoms with Crippen LogP contribution in [0.1, 0.15) is 21.5 Å². The summed E-state index contributed by atoms with van der Waals surface area (Å²) in [5.41, 5.74) is 4.21. The first-order valence-electron chi connectivity index (χ1n) is 7.16. The molecule has 0 aliphatic rings. The van der Waals surface area contributed by atoms with E-state index >= 15 is 0 Å². The zero-order valence-electron chi connectivity index (χ0n) is 12.6. The van der Waals surface area contributed by atoms with E-state index in [0.717, 1.165) is 11.1 Å². The minimum atomic E-state index is -0.934. The third-order valence-corrected chi connectivity index (χ3v) is 4.00. The molecule has 3 aromatic carbocycles. The van der Waals surface area contributed by atoms with Crippen molar-refractivity contribution < 1.29 is 9.90 Å². The zero-order chi connectivity index (χ0) is 15.7. The van der Waals surface area contributed by atoms with Gasteiger partial charge in [0.2, 0.25) is 0 Å². The lowest BCUT2D eigenvalue weighted by molar-refractivity contribution is 0.0698. The third-order valence-electron chi connectivity index (χ3n) is 4.00. The number of para-hydroxylation sites is 1. The number of carboxylic acid groups (broad SMARTS) is 1. The molecule has 0 heterocycles. The van der Waals surface area contributed by atoms with Gasteiger partial charge in [-0.05, 0) is 48.6 Å². The summed E-state index contributed by atoms with van der Waals surface area (Å²) < 4.78 is 0. The molecule has 110 valence electrons. The molecule has 0 atom stereocenters. The molecule has 22 heavy (non-hydrogen) atoms. The molecule has 3 aromatic rings. The number of benzene rings is 3. The normalized spacial score (nSPS) is 10.6. The van der Waals surface area contributed by atoms with Crippen molar-refractivity contribution in [3.05, 3.63) is 71.3 Å². The number of hydrogen-bond acceptors (Lipinski definition) is 2. The van der Waals surface area contributed by atoms with E-state index in [1.54, 1.807) is 18.2 Å². The highest BCUT2D eigenvalue weighted by molar-refractivity contribution is 6.01. The van der Waals surface area contributed by atoms with Crippen LogP contribution < -0.4 is 5.32 Å². The van der Waals surface area contributed by atoms with Crippen molar-refractivity contribution in [2.45, 2.75) is 13.8 Å². The fraction of sp³-hybridized carbons (Fsp3) is 0.105. The summed E-state index contributed by atoms with van der Waals surface area (Å²) in [6.45, 7) is 4.17. The highest BCUT2D eigenvalue weighted by Crippen LogP contribution is 2.32. The number of anilines is 2. The molecule has 0 unspecified atom stereocenters. The van der Waals surface area contributed by atoms with E-state index in [1.807, 2.05) is 24.3 Å². The smallest absolute Gasteiger partial charge is 0.337 e. The van der Waals surface area contributed by atoms with Crippen molar-refractivity contribution in [2.24, 2.45) is 0 Å². The summed E-state index contributed by atoms with van der Waals surface area (Å²) in [5.74, 6) is -0.934. The summed E-state index contributed by atoms with van der Waals surface area (Å²) in [6.07, 6.45) is 0.